The Morgan fingerprint density at radius 1 is 1.14 bits per heavy atom. The molecule has 0 aromatic heterocycles. The van der Waals surface area contributed by atoms with Crippen molar-refractivity contribution in [1.82, 2.24) is 0 Å². The van der Waals surface area contributed by atoms with E-state index in [0.717, 1.165) is 0 Å². The van der Waals surface area contributed by atoms with Gasteiger partial charge in [-0.05, 0) is 71.6 Å². The zero-order valence-corrected chi connectivity index (χ0v) is 17.9. The quantitative estimate of drug-likeness (QED) is 0.388. The second-order valence-electron chi connectivity index (χ2n) is 9.67. The number of carbonyl (C=O) groups excluding carboxylic acids is 2. The molecule has 3 fully saturated rings. The average molecular weight is 411 g/mol. The van der Waals surface area contributed by atoms with Crippen LogP contribution in [0.5, 0.6) is 0 Å². The first-order valence-corrected chi connectivity index (χ1v) is 10.5. The summed E-state index contributed by atoms with van der Waals surface area (Å²) in [7, 11) is 0. The van der Waals surface area contributed by atoms with E-state index in [-0.39, 0.29) is 30.5 Å². The molecule has 3 aliphatic rings. The number of aliphatic hydroxyl groups excluding tert-OH is 1. The molecule has 2 aliphatic heterocycles. The molecule has 0 amide bonds. The minimum atomic E-state index is -1.32. The molecule has 2 N–H and O–H groups in total. The molecule has 1 aliphatic carbocycles. The Kier molecular flexibility index (Phi) is 5.89. The Balaban J connectivity index is 1.89. The third-order valence-corrected chi connectivity index (χ3v) is 7.14. The highest BCUT2D eigenvalue weighted by Gasteiger charge is 2.54. The van der Waals surface area contributed by atoms with Crippen LogP contribution in [0.25, 0.3) is 0 Å². The van der Waals surface area contributed by atoms with Gasteiger partial charge in [0.1, 0.15) is 11.7 Å². The summed E-state index contributed by atoms with van der Waals surface area (Å²) in [6.45, 7) is 10.6. The molecular weight excluding hydrogens is 376 g/mol. The van der Waals surface area contributed by atoms with Crippen LogP contribution >= 0.6 is 0 Å². The lowest BCUT2D eigenvalue weighted by Gasteiger charge is -2.37. The molecule has 3 rings (SSSR count). The minimum absolute atomic E-state index is 0.0304. The van der Waals surface area contributed by atoms with Crippen LogP contribution in [0.3, 0.4) is 0 Å². The first-order chi connectivity index (χ1) is 13.4. The molecular formula is C22H34O7. The number of hydrogen-bond acceptors (Lipinski definition) is 7. The highest BCUT2D eigenvalue weighted by molar-refractivity contribution is 5.89. The fourth-order valence-electron chi connectivity index (χ4n) is 4.70. The van der Waals surface area contributed by atoms with Gasteiger partial charge in [0.2, 0.25) is 0 Å². The van der Waals surface area contributed by atoms with Crippen LogP contribution < -0.4 is 0 Å². The van der Waals surface area contributed by atoms with E-state index in [1.165, 1.54) is 6.92 Å². The van der Waals surface area contributed by atoms with Crippen LogP contribution in [0.1, 0.15) is 72.6 Å². The number of esters is 2. The topological polar surface area (TPSA) is 106 Å². The van der Waals surface area contributed by atoms with Gasteiger partial charge in [-0.25, -0.2) is 4.79 Å². The molecule has 0 aromatic rings. The molecule has 0 aromatic carbocycles. The smallest absolute Gasteiger partial charge is 0.334 e. The molecule has 2 heterocycles. The molecule has 7 heteroatoms. The normalized spacial score (nSPS) is 46.1. The van der Waals surface area contributed by atoms with Crippen molar-refractivity contribution in [1.29, 1.82) is 0 Å². The van der Waals surface area contributed by atoms with E-state index < -0.39 is 35.3 Å². The average Bonchev–Trinajstić information content (AvgIpc) is 3.29. The van der Waals surface area contributed by atoms with E-state index in [1.807, 2.05) is 6.92 Å². The number of rotatable bonds is 1. The van der Waals surface area contributed by atoms with Crippen LogP contribution in [0.2, 0.25) is 0 Å². The molecule has 0 spiro atoms. The number of carbonyl (C=O) groups is 2. The summed E-state index contributed by atoms with van der Waals surface area (Å²) in [6, 6.07) is 0. The zero-order valence-electron chi connectivity index (χ0n) is 17.9. The molecule has 1 saturated carbocycles. The van der Waals surface area contributed by atoms with Crippen molar-refractivity contribution in [3.63, 3.8) is 0 Å². The lowest BCUT2D eigenvalue weighted by atomic mass is 9.80. The van der Waals surface area contributed by atoms with Crippen LogP contribution in [0, 0.1) is 5.92 Å². The zero-order chi connectivity index (χ0) is 21.6. The third kappa shape index (κ3) is 4.67. The van der Waals surface area contributed by atoms with E-state index in [0.29, 0.717) is 37.7 Å². The van der Waals surface area contributed by atoms with Gasteiger partial charge in [-0.3, -0.25) is 4.79 Å². The van der Waals surface area contributed by atoms with Gasteiger partial charge in [-0.2, -0.15) is 0 Å². The fraction of sp³-hybridized carbons (Fsp3) is 0.818. The van der Waals surface area contributed by atoms with Crippen molar-refractivity contribution < 1.29 is 34.0 Å². The first-order valence-electron chi connectivity index (χ1n) is 10.5. The highest BCUT2D eigenvalue weighted by atomic mass is 16.6. The monoisotopic (exact) mass is 410 g/mol. The summed E-state index contributed by atoms with van der Waals surface area (Å²) >= 11 is 0. The predicted octanol–water partition coefficient (Wildman–Crippen LogP) is 2.42. The summed E-state index contributed by atoms with van der Waals surface area (Å²) in [5.41, 5.74) is -2.33. The van der Waals surface area contributed by atoms with Gasteiger partial charge in [-0.15, -0.1) is 0 Å². The second kappa shape index (κ2) is 7.67. The van der Waals surface area contributed by atoms with Gasteiger partial charge in [0.25, 0.3) is 0 Å². The summed E-state index contributed by atoms with van der Waals surface area (Å²) < 4.78 is 17.1. The van der Waals surface area contributed by atoms with Crippen molar-refractivity contribution in [2.75, 3.05) is 0 Å². The maximum Gasteiger partial charge on any atom is 0.334 e. The first kappa shape index (κ1) is 22.2. The number of hydrogen-bond donors (Lipinski definition) is 2. The van der Waals surface area contributed by atoms with Gasteiger partial charge >= 0.3 is 11.9 Å². The van der Waals surface area contributed by atoms with Gasteiger partial charge in [0, 0.05) is 12.5 Å². The van der Waals surface area contributed by atoms with Crippen molar-refractivity contribution in [2.24, 2.45) is 5.92 Å². The summed E-state index contributed by atoms with van der Waals surface area (Å²) in [5, 5.41) is 21.9. The Bertz CT molecular complexity index is 687. The molecule has 0 radical (unpaired) electrons. The lowest BCUT2D eigenvalue weighted by Crippen LogP contribution is -2.47. The standard InChI is InChI=1S/C22H34O7/c1-13-15-6-10-21(4,29-19(13)25)16(24)7-9-20(3,26)17(27-14(2)23)8-11-22(5)18(12-15)28-22/h15-18,24,26H,1,6-12H2,2-5H3/t15-,16+,17-,18+,20-,21-,22+/m1/s1. The van der Waals surface area contributed by atoms with Crippen molar-refractivity contribution in [2.45, 2.75) is 108 Å². The molecule has 164 valence electrons. The number of ether oxygens (including phenoxy) is 3. The molecule has 7 atom stereocenters. The van der Waals surface area contributed by atoms with Crippen LogP contribution in [0.15, 0.2) is 12.2 Å². The SMILES string of the molecule is C=C1C(=O)O[C@]2(C)CC[C@@H]1C[C@@H]1O[C@@]1(C)CC[C@@H](OC(C)=O)[C@](C)(O)CC[C@@H]2O. The van der Waals surface area contributed by atoms with Gasteiger partial charge in [-0.1, -0.05) is 6.58 Å². The third-order valence-electron chi connectivity index (χ3n) is 7.14. The van der Waals surface area contributed by atoms with E-state index in [1.54, 1.807) is 13.8 Å². The van der Waals surface area contributed by atoms with E-state index >= 15 is 0 Å². The Hall–Kier alpha value is -1.44. The molecule has 7 nitrogen and oxygen atoms in total. The Morgan fingerprint density at radius 2 is 1.79 bits per heavy atom. The van der Waals surface area contributed by atoms with Gasteiger partial charge in [0.05, 0.1) is 23.4 Å². The number of fused-ring (bicyclic) bond motifs is 4. The molecule has 2 saturated heterocycles. The maximum atomic E-state index is 12.6. The van der Waals surface area contributed by atoms with Crippen LogP contribution in [-0.4, -0.2) is 57.3 Å². The second-order valence-corrected chi connectivity index (χ2v) is 9.67. The Morgan fingerprint density at radius 3 is 2.45 bits per heavy atom. The summed E-state index contributed by atoms with van der Waals surface area (Å²) in [4.78, 5) is 24.2. The predicted molar refractivity (Wildman–Crippen MR) is 105 cm³/mol. The summed E-state index contributed by atoms with van der Waals surface area (Å²) in [5.74, 6) is -0.988. The van der Waals surface area contributed by atoms with E-state index in [9.17, 15) is 19.8 Å². The Labute approximate surface area is 172 Å². The van der Waals surface area contributed by atoms with Crippen molar-refractivity contribution in [3.05, 3.63) is 12.2 Å². The van der Waals surface area contributed by atoms with E-state index in [2.05, 4.69) is 6.58 Å². The van der Waals surface area contributed by atoms with Gasteiger partial charge in [0.15, 0.2) is 0 Å². The van der Waals surface area contributed by atoms with Crippen molar-refractivity contribution in [3.8, 4) is 0 Å². The maximum absolute atomic E-state index is 12.6. The lowest BCUT2D eigenvalue weighted by molar-refractivity contribution is -0.172. The number of epoxide rings is 1. The largest absolute Gasteiger partial charge is 0.460 e. The summed E-state index contributed by atoms with van der Waals surface area (Å²) in [6.07, 6.45) is 1.64. The van der Waals surface area contributed by atoms with Crippen LogP contribution in [0.4, 0.5) is 0 Å². The molecule has 2 bridgehead atoms. The van der Waals surface area contributed by atoms with E-state index in [4.69, 9.17) is 14.2 Å². The fourth-order valence-corrected chi connectivity index (χ4v) is 4.70. The highest BCUT2D eigenvalue weighted by Crippen LogP contribution is 2.48. The van der Waals surface area contributed by atoms with Crippen molar-refractivity contribution >= 4 is 11.9 Å². The van der Waals surface area contributed by atoms with Gasteiger partial charge < -0.3 is 24.4 Å². The molecule has 0 unspecified atom stereocenters. The van der Waals surface area contributed by atoms with Crippen LogP contribution in [-0.2, 0) is 23.8 Å². The minimum Gasteiger partial charge on any atom is -0.460 e. The molecule has 29 heavy (non-hydrogen) atoms. The number of aliphatic hydroxyl groups is 2.